The molecule has 1 aliphatic carbocycles. The molecule has 1 aromatic heterocycles. The largest absolute Gasteiger partial charge is 0.480 e. The molecule has 2 N–H and O–H groups in total. The second-order valence-electron chi connectivity index (χ2n) is 7.92. The van der Waals surface area contributed by atoms with Crippen molar-refractivity contribution in [3.8, 4) is 11.1 Å². The van der Waals surface area contributed by atoms with Gasteiger partial charge in [0.1, 0.15) is 12.3 Å². The lowest BCUT2D eigenvalue weighted by atomic mass is 9.98. The standard InChI is InChI=1S/C24H21N3O6S/c28-21(27-9-10-32-12-20(27)22(29)30)19-13-34-23(25-19)26-24(31)33-11-18-16-7-3-1-5-14(16)15-6-2-4-8-17(15)18/h1-8,13,18,20H,9-12H2,(H,29,30)(H,25,26,31). The van der Waals surface area contributed by atoms with Crippen molar-refractivity contribution in [1.82, 2.24) is 9.88 Å². The summed E-state index contributed by atoms with van der Waals surface area (Å²) >= 11 is 1.07. The minimum Gasteiger partial charge on any atom is -0.480 e. The molecule has 2 aliphatic rings. The molecule has 0 spiro atoms. The van der Waals surface area contributed by atoms with E-state index in [-0.39, 0.29) is 43.1 Å². The lowest BCUT2D eigenvalue weighted by molar-refractivity contribution is -0.147. The zero-order valence-electron chi connectivity index (χ0n) is 18.0. The third kappa shape index (κ3) is 4.13. The van der Waals surface area contributed by atoms with Crippen LogP contribution in [0.25, 0.3) is 11.1 Å². The van der Waals surface area contributed by atoms with Crippen LogP contribution in [0.4, 0.5) is 9.93 Å². The zero-order valence-corrected chi connectivity index (χ0v) is 18.8. The topological polar surface area (TPSA) is 118 Å². The summed E-state index contributed by atoms with van der Waals surface area (Å²) < 4.78 is 10.7. The van der Waals surface area contributed by atoms with Crippen molar-refractivity contribution < 1.29 is 29.0 Å². The van der Waals surface area contributed by atoms with Gasteiger partial charge in [-0.15, -0.1) is 11.3 Å². The fraction of sp³-hybridized carbons (Fsp3) is 0.250. The molecule has 1 fully saturated rings. The Morgan fingerprint density at radius 3 is 2.47 bits per heavy atom. The summed E-state index contributed by atoms with van der Waals surface area (Å²) in [4.78, 5) is 42.0. The average molecular weight is 480 g/mol. The van der Waals surface area contributed by atoms with E-state index in [9.17, 15) is 19.5 Å². The number of hydrogen-bond donors (Lipinski definition) is 2. The molecule has 2 heterocycles. The van der Waals surface area contributed by atoms with Gasteiger partial charge in [0, 0.05) is 17.8 Å². The number of amides is 2. The number of carboxylic acid groups (broad SMARTS) is 1. The van der Waals surface area contributed by atoms with Crippen LogP contribution < -0.4 is 5.32 Å². The van der Waals surface area contributed by atoms with Gasteiger partial charge in [-0.05, 0) is 22.3 Å². The average Bonchev–Trinajstić information content (AvgIpc) is 3.45. The summed E-state index contributed by atoms with van der Waals surface area (Å²) in [5.41, 5.74) is 4.55. The molecule has 1 atom stereocenters. The predicted molar refractivity (Wildman–Crippen MR) is 124 cm³/mol. The van der Waals surface area contributed by atoms with E-state index >= 15 is 0 Å². The van der Waals surface area contributed by atoms with Crippen molar-refractivity contribution in [2.24, 2.45) is 0 Å². The van der Waals surface area contributed by atoms with Gasteiger partial charge < -0.3 is 19.5 Å². The van der Waals surface area contributed by atoms with Crippen molar-refractivity contribution in [3.05, 3.63) is 70.7 Å². The maximum absolute atomic E-state index is 12.8. The van der Waals surface area contributed by atoms with E-state index in [1.165, 1.54) is 10.3 Å². The first-order chi connectivity index (χ1) is 16.5. The predicted octanol–water partition coefficient (Wildman–Crippen LogP) is 3.43. The monoisotopic (exact) mass is 479 g/mol. The van der Waals surface area contributed by atoms with Gasteiger partial charge >= 0.3 is 12.1 Å². The van der Waals surface area contributed by atoms with E-state index in [0.717, 1.165) is 33.6 Å². The molecule has 1 saturated heterocycles. The third-order valence-electron chi connectivity index (χ3n) is 5.95. The summed E-state index contributed by atoms with van der Waals surface area (Å²) in [6.07, 6.45) is -0.676. The second kappa shape index (κ2) is 9.24. The third-order valence-corrected chi connectivity index (χ3v) is 6.71. The smallest absolute Gasteiger partial charge is 0.413 e. The first kappa shape index (κ1) is 22.1. The van der Waals surface area contributed by atoms with Crippen LogP contribution in [0.2, 0.25) is 0 Å². The highest BCUT2D eigenvalue weighted by Gasteiger charge is 2.34. The number of anilines is 1. The Morgan fingerprint density at radius 2 is 1.79 bits per heavy atom. The summed E-state index contributed by atoms with van der Waals surface area (Å²) in [6, 6.07) is 15.0. The van der Waals surface area contributed by atoms with Gasteiger partial charge in [-0.25, -0.2) is 14.6 Å². The number of aliphatic carboxylic acids is 1. The number of thiazole rings is 1. The summed E-state index contributed by atoms with van der Waals surface area (Å²) in [6.45, 7) is 0.494. The number of ether oxygens (including phenoxy) is 2. The number of aromatic nitrogens is 1. The Labute approximate surface area is 198 Å². The quantitative estimate of drug-likeness (QED) is 0.576. The number of carboxylic acids is 1. The molecule has 3 aromatic rings. The number of rotatable bonds is 5. The molecule has 0 bridgehead atoms. The lowest BCUT2D eigenvalue weighted by Crippen LogP contribution is -2.52. The Balaban J connectivity index is 1.23. The Bertz CT molecular complexity index is 1210. The van der Waals surface area contributed by atoms with Crippen LogP contribution in [0.15, 0.2) is 53.9 Å². The highest BCUT2D eigenvalue weighted by molar-refractivity contribution is 7.14. The zero-order chi connectivity index (χ0) is 23.7. The number of carbonyl (C=O) groups is 3. The molecule has 2 amide bonds. The summed E-state index contributed by atoms with van der Waals surface area (Å²) in [5.74, 6) is -1.73. The van der Waals surface area contributed by atoms with Gasteiger partial charge in [0.15, 0.2) is 11.2 Å². The number of nitrogens with zero attached hydrogens (tertiary/aromatic N) is 2. The van der Waals surface area contributed by atoms with Crippen LogP contribution in [0.3, 0.4) is 0 Å². The van der Waals surface area contributed by atoms with E-state index in [4.69, 9.17) is 9.47 Å². The molecule has 34 heavy (non-hydrogen) atoms. The van der Waals surface area contributed by atoms with Crippen LogP contribution in [-0.2, 0) is 14.3 Å². The van der Waals surface area contributed by atoms with Crippen molar-refractivity contribution in [2.75, 3.05) is 31.7 Å². The maximum atomic E-state index is 12.8. The SMILES string of the molecule is O=C(Nc1nc(C(=O)N2CCOCC2C(=O)O)cs1)OCC1c2ccccc2-c2ccccc21. The van der Waals surface area contributed by atoms with Crippen molar-refractivity contribution in [1.29, 1.82) is 0 Å². The molecular weight excluding hydrogens is 458 g/mol. The highest BCUT2D eigenvalue weighted by atomic mass is 32.1. The van der Waals surface area contributed by atoms with E-state index in [0.29, 0.717) is 0 Å². The molecule has 10 heteroatoms. The first-order valence-corrected chi connectivity index (χ1v) is 11.6. The second-order valence-corrected chi connectivity index (χ2v) is 8.77. The number of nitrogens with one attached hydrogen (secondary N) is 1. The minimum absolute atomic E-state index is 0.0621. The van der Waals surface area contributed by atoms with Crippen molar-refractivity contribution >= 4 is 34.4 Å². The summed E-state index contributed by atoms with van der Waals surface area (Å²) in [7, 11) is 0. The van der Waals surface area contributed by atoms with E-state index in [1.807, 2.05) is 36.4 Å². The number of benzene rings is 2. The normalized spacial score (nSPS) is 17.1. The van der Waals surface area contributed by atoms with Crippen LogP contribution in [0.5, 0.6) is 0 Å². The van der Waals surface area contributed by atoms with Gasteiger partial charge in [0.25, 0.3) is 5.91 Å². The van der Waals surface area contributed by atoms with E-state index in [2.05, 4.69) is 22.4 Å². The van der Waals surface area contributed by atoms with Crippen LogP contribution in [-0.4, -0.2) is 65.4 Å². The number of carbonyl (C=O) groups excluding carboxylic acids is 2. The van der Waals surface area contributed by atoms with E-state index < -0.39 is 24.0 Å². The molecular formula is C24H21N3O6S. The van der Waals surface area contributed by atoms with Gasteiger partial charge in [-0.1, -0.05) is 48.5 Å². The highest BCUT2D eigenvalue weighted by Crippen LogP contribution is 2.44. The Hall–Kier alpha value is -3.76. The number of hydrogen-bond acceptors (Lipinski definition) is 7. The maximum Gasteiger partial charge on any atom is 0.413 e. The molecule has 0 radical (unpaired) electrons. The molecule has 1 aliphatic heterocycles. The molecule has 9 nitrogen and oxygen atoms in total. The van der Waals surface area contributed by atoms with Crippen molar-refractivity contribution in [3.63, 3.8) is 0 Å². The Kier molecular flexibility index (Phi) is 5.99. The van der Waals surface area contributed by atoms with Gasteiger partial charge in [-0.3, -0.25) is 10.1 Å². The van der Waals surface area contributed by atoms with Gasteiger partial charge in [0.05, 0.1) is 13.2 Å². The lowest BCUT2D eigenvalue weighted by Gasteiger charge is -2.32. The molecule has 2 aromatic carbocycles. The molecule has 5 rings (SSSR count). The summed E-state index contributed by atoms with van der Waals surface area (Å²) in [5, 5.41) is 13.6. The van der Waals surface area contributed by atoms with Crippen LogP contribution in [0, 0.1) is 0 Å². The van der Waals surface area contributed by atoms with Crippen molar-refractivity contribution in [2.45, 2.75) is 12.0 Å². The number of morpholine rings is 1. The first-order valence-electron chi connectivity index (χ1n) is 10.7. The minimum atomic E-state index is -1.14. The van der Waals surface area contributed by atoms with Gasteiger partial charge in [0.2, 0.25) is 0 Å². The fourth-order valence-corrected chi connectivity index (χ4v) is 5.02. The molecule has 1 unspecified atom stereocenters. The molecule has 0 saturated carbocycles. The fourth-order valence-electron chi connectivity index (χ4n) is 4.35. The van der Waals surface area contributed by atoms with Gasteiger partial charge in [-0.2, -0.15) is 0 Å². The Morgan fingerprint density at radius 1 is 1.12 bits per heavy atom. The van der Waals surface area contributed by atoms with E-state index in [1.54, 1.807) is 0 Å². The molecule has 174 valence electrons. The number of fused-ring (bicyclic) bond motifs is 3. The van der Waals surface area contributed by atoms with Crippen LogP contribution >= 0.6 is 11.3 Å². The van der Waals surface area contributed by atoms with Crippen LogP contribution in [0.1, 0.15) is 27.5 Å².